The van der Waals surface area contributed by atoms with E-state index in [-0.39, 0.29) is 12.5 Å². The van der Waals surface area contributed by atoms with Gasteiger partial charge in [-0.3, -0.25) is 4.79 Å². The Labute approximate surface area is 118 Å². The van der Waals surface area contributed by atoms with Crippen molar-refractivity contribution in [1.82, 2.24) is 5.32 Å². The van der Waals surface area contributed by atoms with E-state index in [1.807, 2.05) is 0 Å². The van der Waals surface area contributed by atoms with Crippen molar-refractivity contribution in [2.75, 3.05) is 20.3 Å². The van der Waals surface area contributed by atoms with E-state index < -0.39 is 6.10 Å². The number of hydrogen-bond donors (Lipinski definition) is 2. The Bertz CT molecular complexity index is 469. The highest BCUT2D eigenvalue weighted by Crippen LogP contribution is 2.29. The predicted octanol–water partition coefficient (Wildman–Crippen LogP) is 1.65. The standard InChI is InChI=1S/C15H21NO4/c1-10(17)13-6-5-12(19-2)7-14(13)20-9-15(18)16-8-11-3-4-11/h5-7,10-11,17H,3-4,8-9H2,1-2H3,(H,16,18). The highest BCUT2D eigenvalue weighted by Gasteiger charge is 2.21. The van der Waals surface area contributed by atoms with Crippen LogP contribution in [0.25, 0.3) is 0 Å². The minimum Gasteiger partial charge on any atom is -0.497 e. The summed E-state index contributed by atoms with van der Waals surface area (Å²) in [5.74, 6) is 1.60. The summed E-state index contributed by atoms with van der Waals surface area (Å²) in [7, 11) is 1.56. The molecule has 1 atom stereocenters. The van der Waals surface area contributed by atoms with Gasteiger partial charge in [0, 0.05) is 18.2 Å². The van der Waals surface area contributed by atoms with E-state index >= 15 is 0 Å². The zero-order valence-corrected chi connectivity index (χ0v) is 11.9. The van der Waals surface area contributed by atoms with Crippen molar-refractivity contribution in [3.8, 4) is 11.5 Å². The number of amides is 1. The average Bonchev–Trinajstić information content (AvgIpc) is 3.26. The van der Waals surface area contributed by atoms with Gasteiger partial charge in [-0.15, -0.1) is 0 Å². The fourth-order valence-electron chi connectivity index (χ4n) is 1.89. The summed E-state index contributed by atoms with van der Waals surface area (Å²) in [4.78, 5) is 11.7. The number of aliphatic hydroxyl groups excluding tert-OH is 1. The van der Waals surface area contributed by atoms with Crippen molar-refractivity contribution in [2.45, 2.75) is 25.9 Å². The van der Waals surface area contributed by atoms with E-state index in [1.165, 1.54) is 12.8 Å². The molecule has 110 valence electrons. The highest BCUT2D eigenvalue weighted by atomic mass is 16.5. The van der Waals surface area contributed by atoms with Gasteiger partial charge in [-0.25, -0.2) is 0 Å². The summed E-state index contributed by atoms with van der Waals surface area (Å²) in [6, 6.07) is 5.17. The molecule has 0 saturated heterocycles. The highest BCUT2D eigenvalue weighted by molar-refractivity contribution is 5.77. The molecular weight excluding hydrogens is 258 g/mol. The van der Waals surface area contributed by atoms with Gasteiger partial charge in [0.1, 0.15) is 11.5 Å². The molecule has 5 heteroatoms. The Morgan fingerprint density at radius 3 is 2.85 bits per heavy atom. The molecule has 0 aliphatic heterocycles. The van der Waals surface area contributed by atoms with E-state index in [4.69, 9.17) is 9.47 Å². The molecule has 1 saturated carbocycles. The van der Waals surface area contributed by atoms with Gasteiger partial charge < -0.3 is 19.9 Å². The van der Waals surface area contributed by atoms with E-state index in [0.717, 1.165) is 6.54 Å². The lowest BCUT2D eigenvalue weighted by Crippen LogP contribution is -2.30. The Hall–Kier alpha value is -1.75. The summed E-state index contributed by atoms with van der Waals surface area (Å²) in [6.07, 6.45) is 1.73. The predicted molar refractivity (Wildman–Crippen MR) is 74.9 cm³/mol. The molecule has 0 aromatic heterocycles. The van der Waals surface area contributed by atoms with Gasteiger partial charge in [0.2, 0.25) is 0 Å². The molecule has 1 fully saturated rings. The lowest BCUT2D eigenvalue weighted by molar-refractivity contribution is -0.123. The van der Waals surface area contributed by atoms with Gasteiger partial charge in [-0.05, 0) is 37.8 Å². The Balaban J connectivity index is 1.93. The lowest BCUT2D eigenvalue weighted by atomic mass is 10.1. The van der Waals surface area contributed by atoms with Crippen molar-refractivity contribution < 1.29 is 19.4 Å². The van der Waals surface area contributed by atoms with Crippen LogP contribution in [0, 0.1) is 5.92 Å². The van der Waals surface area contributed by atoms with Crippen molar-refractivity contribution in [3.63, 3.8) is 0 Å². The second-order valence-electron chi connectivity index (χ2n) is 5.12. The molecule has 1 aromatic rings. The van der Waals surface area contributed by atoms with Gasteiger partial charge in [0.05, 0.1) is 13.2 Å². The van der Waals surface area contributed by atoms with E-state index in [1.54, 1.807) is 32.2 Å². The smallest absolute Gasteiger partial charge is 0.257 e. The zero-order chi connectivity index (χ0) is 14.5. The molecule has 20 heavy (non-hydrogen) atoms. The molecule has 5 nitrogen and oxygen atoms in total. The Morgan fingerprint density at radius 1 is 1.50 bits per heavy atom. The van der Waals surface area contributed by atoms with Crippen LogP contribution >= 0.6 is 0 Å². The lowest BCUT2D eigenvalue weighted by Gasteiger charge is -2.14. The van der Waals surface area contributed by atoms with Gasteiger partial charge in [-0.1, -0.05) is 0 Å². The topological polar surface area (TPSA) is 67.8 Å². The van der Waals surface area contributed by atoms with E-state index in [0.29, 0.717) is 23.0 Å². The molecule has 0 spiro atoms. The summed E-state index contributed by atoms with van der Waals surface area (Å²) in [6.45, 7) is 2.32. The molecule has 0 radical (unpaired) electrons. The molecule has 1 aliphatic carbocycles. The third kappa shape index (κ3) is 4.13. The fraction of sp³-hybridized carbons (Fsp3) is 0.533. The first-order valence-corrected chi connectivity index (χ1v) is 6.85. The summed E-state index contributed by atoms with van der Waals surface area (Å²) >= 11 is 0. The van der Waals surface area contributed by atoms with Crippen molar-refractivity contribution in [1.29, 1.82) is 0 Å². The molecular formula is C15H21NO4. The maximum Gasteiger partial charge on any atom is 0.257 e. The average molecular weight is 279 g/mol. The van der Waals surface area contributed by atoms with Gasteiger partial charge in [0.25, 0.3) is 5.91 Å². The molecule has 2 N–H and O–H groups in total. The number of nitrogens with one attached hydrogen (secondary N) is 1. The number of benzene rings is 1. The molecule has 0 bridgehead atoms. The van der Waals surface area contributed by atoms with Gasteiger partial charge >= 0.3 is 0 Å². The minimum atomic E-state index is -0.662. The molecule has 1 amide bonds. The number of rotatable bonds is 7. The van der Waals surface area contributed by atoms with Crippen molar-refractivity contribution in [2.24, 2.45) is 5.92 Å². The SMILES string of the molecule is COc1ccc(C(C)O)c(OCC(=O)NCC2CC2)c1. The first-order valence-electron chi connectivity index (χ1n) is 6.85. The molecule has 1 unspecified atom stereocenters. The van der Waals surface area contributed by atoms with Crippen LogP contribution in [0.4, 0.5) is 0 Å². The molecule has 0 heterocycles. The monoisotopic (exact) mass is 279 g/mol. The van der Waals surface area contributed by atoms with Crippen LogP contribution in [-0.2, 0) is 4.79 Å². The number of methoxy groups -OCH3 is 1. The Morgan fingerprint density at radius 2 is 2.25 bits per heavy atom. The number of ether oxygens (including phenoxy) is 2. The zero-order valence-electron chi connectivity index (χ0n) is 11.9. The Kier molecular flexibility index (Phi) is 4.84. The van der Waals surface area contributed by atoms with E-state index in [2.05, 4.69) is 5.32 Å². The summed E-state index contributed by atoms with van der Waals surface area (Å²) < 4.78 is 10.6. The second-order valence-corrected chi connectivity index (χ2v) is 5.12. The molecule has 1 aromatic carbocycles. The number of carbonyl (C=O) groups is 1. The minimum absolute atomic E-state index is 0.0559. The van der Waals surface area contributed by atoms with Crippen LogP contribution in [0.1, 0.15) is 31.4 Å². The first-order chi connectivity index (χ1) is 9.60. The normalized spacial score (nSPS) is 15.6. The number of hydrogen-bond acceptors (Lipinski definition) is 4. The van der Waals surface area contributed by atoms with Crippen molar-refractivity contribution >= 4 is 5.91 Å². The second kappa shape index (κ2) is 6.61. The maximum atomic E-state index is 11.7. The van der Waals surface area contributed by atoms with Crippen LogP contribution < -0.4 is 14.8 Å². The van der Waals surface area contributed by atoms with Crippen LogP contribution in [0.15, 0.2) is 18.2 Å². The molecule has 2 rings (SSSR count). The third-order valence-electron chi connectivity index (χ3n) is 3.31. The quantitative estimate of drug-likeness (QED) is 0.796. The summed E-state index contributed by atoms with van der Waals surface area (Å²) in [5.41, 5.74) is 0.640. The van der Waals surface area contributed by atoms with Gasteiger partial charge in [0.15, 0.2) is 6.61 Å². The number of carbonyl (C=O) groups excluding carboxylic acids is 1. The van der Waals surface area contributed by atoms with Gasteiger partial charge in [-0.2, -0.15) is 0 Å². The molecule has 1 aliphatic rings. The van der Waals surface area contributed by atoms with Crippen LogP contribution in [-0.4, -0.2) is 31.3 Å². The van der Waals surface area contributed by atoms with Crippen LogP contribution in [0.3, 0.4) is 0 Å². The number of aliphatic hydroxyl groups is 1. The van der Waals surface area contributed by atoms with Crippen LogP contribution in [0.5, 0.6) is 11.5 Å². The largest absolute Gasteiger partial charge is 0.497 e. The maximum absolute atomic E-state index is 11.7. The summed E-state index contributed by atoms with van der Waals surface area (Å²) in [5, 5.41) is 12.5. The fourth-order valence-corrected chi connectivity index (χ4v) is 1.89. The third-order valence-corrected chi connectivity index (χ3v) is 3.31. The van der Waals surface area contributed by atoms with Crippen LogP contribution in [0.2, 0.25) is 0 Å². The first kappa shape index (κ1) is 14.7. The van der Waals surface area contributed by atoms with E-state index in [9.17, 15) is 9.90 Å². The van der Waals surface area contributed by atoms with Crippen molar-refractivity contribution in [3.05, 3.63) is 23.8 Å².